The molecule has 1 amide bonds. The molecule has 1 aliphatic carbocycles. The molecule has 2 aromatic carbocycles. The number of nitrogens with one attached hydrogen (secondary N) is 1. The van der Waals surface area contributed by atoms with E-state index in [2.05, 4.69) is 42.3 Å². The topological polar surface area (TPSA) is 78.9 Å². The third kappa shape index (κ3) is 8.84. The number of benzene rings is 2. The molecule has 2 aromatic rings. The van der Waals surface area contributed by atoms with Crippen molar-refractivity contribution in [1.29, 1.82) is 0 Å². The summed E-state index contributed by atoms with van der Waals surface area (Å²) in [6, 6.07) is 14.2. The van der Waals surface area contributed by atoms with Gasteiger partial charge in [-0.2, -0.15) is 11.8 Å². The van der Waals surface area contributed by atoms with E-state index in [0.717, 1.165) is 55.2 Å². The van der Waals surface area contributed by atoms with Crippen molar-refractivity contribution in [3.63, 3.8) is 0 Å². The van der Waals surface area contributed by atoms with Crippen LogP contribution < -0.4 is 5.32 Å². The van der Waals surface area contributed by atoms with Gasteiger partial charge in [0.25, 0.3) is 5.91 Å². The van der Waals surface area contributed by atoms with Crippen LogP contribution in [0.4, 0.5) is 0 Å². The average molecular weight is 595 g/mol. The van der Waals surface area contributed by atoms with Crippen LogP contribution in [0.25, 0.3) is 11.1 Å². The largest absolute Gasteiger partial charge is 0.480 e. The van der Waals surface area contributed by atoms with E-state index in [1.165, 1.54) is 50.5 Å². The first-order valence-corrected chi connectivity index (χ1v) is 17.4. The lowest BCUT2D eigenvalue weighted by atomic mass is 9.90. The quantitative estimate of drug-likeness (QED) is 0.225. The summed E-state index contributed by atoms with van der Waals surface area (Å²) >= 11 is 1.58. The molecule has 0 spiro atoms. The number of carboxylic acids is 1. The number of aryl methyl sites for hydroxylation is 1. The maximum absolute atomic E-state index is 13.5. The van der Waals surface area contributed by atoms with Gasteiger partial charge in [0, 0.05) is 30.8 Å². The molecule has 0 aromatic heterocycles. The van der Waals surface area contributed by atoms with Crippen molar-refractivity contribution < 1.29 is 19.4 Å². The lowest BCUT2D eigenvalue weighted by Gasteiger charge is -2.31. The second-order valence-electron chi connectivity index (χ2n) is 12.2. The van der Waals surface area contributed by atoms with Crippen molar-refractivity contribution in [2.75, 3.05) is 25.2 Å². The summed E-state index contributed by atoms with van der Waals surface area (Å²) in [5.41, 5.74) is 4.62. The number of aliphatic carboxylic acids is 1. The standard InChI is InChI=1S/C35H50N2O4S/c1-4-10-28-16-17-29(24-41-23-26-12-6-5-7-13-26)37(28)22-27-15-18-31(32(21-27)30-14-9-8-11-25(30)2)34(38)36-33(35(39)40)19-20-42-3/h8-9,11,14-15,18,21,26,28-29,33H,4-7,10,12-13,16-17,19-20,22-24H2,1-3H3,(H,36,38)(H,39,40)/t28-,29-,33-/m0/s1. The fraction of sp³-hybridized carbons (Fsp3) is 0.600. The lowest BCUT2D eigenvalue weighted by molar-refractivity contribution is -0.139. The number of nitrogens with zero attached hydrogens (tertiary/aromatic N) is 1. The van der Waals surface area contributed by atoms with Gasteiger partial charge in [0.2, 0.25) is 0 Å². The molecule has 1 heterocycles. The molecule has 6 nitrogen and oxygen atoms in total. The van der Waals surface area contributed by atoms with Gasteiger partial charge in [0.05, 0.1) is 6.61 Å². The fourth-order valence-corrected chi connectivity index (χ4v) is 7.22. The number of carboxylic acid groups (broad SMARTS) is 1. The third-order valence-corrected chi connectivity index (χ3v) is 9.77. The molecule has 2 fully saturated rings. The Morgan fingerprint density at radius 3 is 2.50 bits per heavy atom. The molecule has 1 aliphatic heterocycles. The first-order chi connectivity index (χ1) is 20.4. The van der Waals surface area contributed by atoms with Gasteiger partial charge in [-0.3, -0.25) is 9.69 Å². The van der Waals surface area contributed by atoms with E-state index in [-0.39, 0.29) is 5.91 Å². The van der Waals surface area contributed by atoms with Crippen LogP contribution in [0.1, 0.15) is 92.6 Å². The molecule has 4 rings (SSSR count). The predicted octanol–water partition coefficient (Wildman–Crippen LogP) is 7.33. The van der Waals surface area contributed by atoms with Crippen molar-refractivity contribution in [2.24, 2.45) is 5.92 Å². The highest BCUT2D eigenvalue weighted by molar-refractivity contribution is 7.98. The molecule has 2 aliphatic rings. The minimum Gasteiger partial charge on any atom is -0.480 e. The molecule has 0 radical (unpaired) electrons. The number of ether oxygens (including phenoxy) is 1. The van der Waals surface area contributed by atoms with Gasteiger partial charge in [-0.25, -0.2) is 4.79 Å². The molecule has 0 unspecified atom stereocenters. The minimum atomic E-state index is -1.00. The Kier molecular flexibility index (Phi) is 12.8. The van der Waals surface area contributed by atoms with Crippen LogP contribution in [0.3, 0.4) is 0 Å². The highest BCUT2D eigenvalue weighted by atomic mass is 32.2. The van der Waals surface area contributed by atoms with Gasteiger partial charge in [-0.1, -0.05) is 62.9 Å². The van der Waals surface area contributed by atoms with Gasteiger partial charge in [0.1, 0.15) is 6.04 Å². The van der Waals surface area contributed by atoms with E-state index in [0.29, 0.717) is 29.8 Å². The molecule has 0 bridgehead atoms. The number of hydrogen-bond acceptors (Lipinski definition) is 5. The smallest absolute Gasteiger partial charge is 0.326 e. The second-order valence-corrected chi connectivity index (χ2v) is 13.2. The number of likely N-dealkylation sites (tertiary alicyclic amines) is 1. The molecule has 3 atom stereocenters. The van der Waals surface area contributed by atoms with Crippen molar-refractivity contribution in [3.05, 3.63) is 59.2 Å². The Bertz CT molecular complexity index is 1170. The number of rotatable bonds is 15. The minimum absolute atomic E-state index is 0.340. The van der Waals surface area contributed by atoms with Crippen molar-refractivity contribution in [1.82, 2.24) is 10.2 Å². The monoisotopic (exact) mass is 594 g/mol. The number of carbonyl (C=O) groups is 2. The van der Waals surface area contributed by atoms with Crippen LogP contribution in [-0.4, -0.2) is 65.2 Å². The van der Waals surface area contributed by atoms with Gasteiger partial charge in [-0.15, -0.1) is 0 Å². The van der Waals surface area contributed by atoms with E-state index in [4.69, 9.17) is 4.74 Å². The summed E-state index contributed by atoms with van der Waals surface area (Å²) < 4.78 is 6.35. The Morgan fingerprint density at radius 2 is 1.79 bits per heavy atom. The maximum atomic E-state index is 13.5. The first kappa shape index (κ1) is 32.6. The molecular formula is C35H50N2O4S. The van der Waals surface area contributed by atoms with Crippen LogP contribution in [-0.2, 0) is 16.1 Å². The molecule has 1 saturated carbocycles. The summed E-state index contributed by atoms with van der Waals surface area (Å²) in [6.45, 7) is 6.80. The number of amides is 1. The van der Waals surface area contributed by atoms with E-state index in [1.807, 2.05) is 30.5 Å². The summed E-state index contributed by atoms with van der Waals surface area (Å²) in [6.07, 6.45) is 13.7. The van der Waals surface area contributed by atoms with Gasteiger partial charge in [0.15, 0.2) is 0 Å². The Hall–Kier alpha value is -2.35. The predicted molar refractivity (Wildman–Crippen MR) is 173 cm³/mol. The van der Waals surface area contributed by atoms with E-state index in [1.54, 1.807) is 11.8 Å². The first-order valence-electron chi connectivity index (χ1n) is 16.0. The second kappa shape index (κ2) is 16.5. The van der Waals surface area contributed by atoms with Crippen LogP contribution in [0, 0.1) is 12.8 Å². The van der Waals surface area contributed by atoms with Crippen molar-refractivity contribution in [3.8, 4) is 11.1 Å². The normalized spacial score (nSPS) is 20.5. The Balaban J connectivity index is 1.56. The van der Waals surface area contributed by atoms with Crippen molar-refractivity contribution in [2.45, 2.75) is 103 Å². The van der Waals surface area contributed by atoms with E-state index in [9.17, 15) is 14.7 Å². The van der Waals surface area contributed by atoms with Crippen molar-refractivity contribution >= 4 is 23.6 Å². The van der Waals surface area contributed by atoms with Gasteiger partial charge in [-0.05, 0) is 97.8 Å². The highest BCUT2D eigenvalue weighted by Gasteiger charge is 2.33. The summed E-state index contributed by atoms with van der Waals surface area (Å²) in [7, 11) is 0. The summed E-state index contributed by atoms with van der Waals surface area (Å²) in [5, 5.41) is 12.5. The fourth-order valence-electron chi connectivity index (χ4n) is 6.75. The molecule has 7 heteroatoms. The Labute approximate surface area is 257 Å². The number of hydrogen-bond donors (Lipinski definition) is 2. The highest BCUT2D eigenvalue weighted by Crippen LogP contribution is 2.33. The third-order valence-electron chi connectivity index (χ3n) is 9.12. The summed E-state index contributed by atoms with van der Waals surface area (Å²) in [4.78, 5) is 28.0. The molecular weight excluding hydrogens is 544 g/mol. The lowest BCUT2D eigenvalue weighted by Crippen LogP contribution is -2.41. The Morgan fingerprint density at radius 1 is 1.02 bits per heavy atom. The molecule has 42 heavy (non-hydrogen) atoms. The molecule has 2 N–H and O–H groups in total. The maximum Gasteiger partial charge on any atom is 0.326 e. The molecule has 1 saturated heterocycles. The van der Waals surface area contributed by atoms with Crippen LogP contribution in [0.5, 0.6) is 0 Å². The zero-order chi connectivity index (χ0) is 29.9. The average Bonchev–Trinajstić information content (AvgIpc) is 3.36. The zero-order valence-electron chi connectivity index (χ0n) is 25.8. The molecule has 230 valence electrons. The number of carbonyl (C=O) groups excluding carboxylic acids is 1. The van der Waals surface area contributed by atoms with Gasteiger partial charge < -0.3 is 15.2 Å². The van der Waals surface area contributed by atoms with E-state index < -0.39 is 12.0 Å². The van der Waals surface area contributed by atoms with Crippen LogP contribution >= 0.6 is 11.8 Å². The zero-order valence-corrected chi connectivity index (χ0v) is 26.6. The summed E-state index contributed by atoms with van der Waals surface area (Å²) in [5.74, 6) is 0.0459. The SMILES string of the molecule is CCC[C@H]1CC[C@@H](COCC2CCCCC2)N1Cc1ccc(C(=O)N[C@@H](CCSC)C(=O)O)c(-c2ccccc2C)c1. The van der Waals surface area contributed by atoms with Crippen LogP contribution in [0.2, 0.25) is 0 Å². The van der Waals surface area contributed by atoms with E-state index >= 15 is 0 Å². The number of thioether (sulfide) groups is 1. The van der Waals surface area contributed by atoms with Crippen LogP contribution in [0.15, 0.2) is 42.5 Å². The van der Waals surface area contributed by atoms with Gasteiger partial charge >= 0.3 is 5.97 Å².